The minimum absolute atomic E-state index is 0.180. The van der Waals surface area contributed by atoms with Crippen LogP contribution in [0.4, 0.5) is 31.9 Å². The van der Waals surface area contributed by atoms with E-state index in [2.05, 4.69) is 37.8 Å². The Bertz CT molecular complexity index is 1330. The summed E-state index contributed by atoms with van der Waals surface area (Å²) in [5.74, 6) is 0.675. The summed E-state index contributed by atoms with van der Waals surface area (Å²) in [6.07, 6.45) is 1.10. The van der Waals surface area contributed by atoms with E-state index in [-0.39, 0.29) is 18.2 Å². The highest BCUT2D eigenvalue weighted by Gasteiger charge is 2.25. The molecule has 3 heterocycles. The van der Waals surface area contributed by atoms with E-state index in [9.17, 15) is 19.3 Å². The first-order valence-corrected chi connectivity index (χ1v) is 11.5. The number of halogens is 3. The number of anilines is 4. The molecule has 180 valence electrons. The number of nitrogens with zero attached hydrogens (tertiary/aromatic N) is 8. The number of hydrogen-bond acceptors (Lipinski definition) is 9. The van der Waals surface area contributed by atoms with Gasteiger partial charge in [-0.15, -0.1) is 5.10 Å². The summed E-state index contributed by atoms with van der Waals surface area (Å²) in [7, 11) is 0. The van der Waals surface area contributed by atoms with Gasteiger partial charge >= 0.3 is 0 Å². The third-order valence-corrected chi connectivity index (χ3v) is 6.33. The predicted molar refractivity (Wildman–Crippen MR) is 126 cm³/mol. The van der Waals surface area contributed by atoms with Crippen LogP contribution in [0.3, 0.4) is 0 Å². The smallest absolute Gasteiger partial charge is 0.251 e. The molecule has 1 saturated heterocycles. The van der Waals surface area contributed by atoms with Crippen molar-refractivity contribution in [3.63, 3.8) is 0 Å². The summed E-state index contributed by atoms with van der Waals surface area (Å²) in [5.41, 5.74) is 2.12. The maximum Gasteiger partial charge on any atom is 0.251 e. The SMILES string of the molecule is N#Cc1cc(Nc2nc(NC3CC3)c3ncc(C#N)n3n2)c(Cl)c(N2CCN(CC(F)F)CC2)c1. The lowest BCUT2D eigenvalue weighted by Crippen LogP contribution is -2.47. The van der Waals surface area contributed by atoms with E-state index in [1.807, 2.05) is 4.90 Å². The molecule has 1 aliphatic heterocycles. The first-order valence-electron chi connectivity index (χ1n) is 11.1. The van der Waals surface area contributed by atoms with Gasteiger partial charge in [0.25, 0.3) is 6.43 Å². The molecule has 0 radical (unpaired) electrons. The molecule has 0 spiro atoms. The number of fused-ring (bicyclic) bond motifs is 1. The Morgan fingerprint density at radius 3 is 2.57 bits per heavy atom. The van der Waals surface area contributed by atoms with Crippen molar-refractivity contribution in [2.24, 2.45) is 0 Å². The summed E-state index contributed by atoms with van der Waals surface area (Å²) in [5, 5.41) is 30.2. The fraction of sp³-hybridized carbons (Fsp3) is 0.409. The lowest BCUT2D eigenvalue weighted by Gasteiger charge is -2.36. The quantitative estimate of drug-likeness (QED) is 0.505. The Kier molecular flexibility index (Phi) is 6.24. The molecule has 13 heteroatoms. The molecule has 1 saturated carbocycles. The van der Waals surface area contributed by atoms with Crippen molar-refractivity contribution in [3.8, 4) is 12.1 Å². The third kappa shape index (κ3) is 4.90. The van der Waals surface area contributed by atoms with Crippen LogP contribution < -0.4 is 15.5 Å². The van der Waals surface area contributed by atoms with E-state index in [0.29, 0.717) is 65.6 Å². The molecule has 2 aliphatic rings. The van der Waals surface area contributed by atoms with Crippen molar-refractivity contribution < 1.29 is 8.78 Å². The molecule has 0 unspecified atom stereocenters. The summed E-state index contributed by atoms with van der Waals surface area (Å²) < 4.78 is 26.9. The highest BCUT2D eigenvalue weighted by Crippen LogP contribution is 2.36. The van der Waals surface area contributed by atoms with Crippen molar-refractivity contribution >= 4 is 40.4 Å². The van der Waals surface area contributed by atoms with Gasteiger partial charge in [0.05, 0.1) is 40.8 Å². The Balaban J connectivity index is 1.46. The number of nitriles is 2. The predicted octanol–water partition coefficient (Wildman–Crippen LogP) is 3.23. The molecule has 5 rings (SSSR count). The van der Waals surface area contributed by atoms with Gasteiger partial charge in [-0.05, 0) is 25.0 Å². The molecule has 10 nitrogen and oxygen atoms in total. The van der Waals surface area contributed by atoms with Crippen molar-refractivity contribution in [1.29, 1.82) is 10.5 Å². The standard InChI is InChI=1S/C22H21ClF2N10/c23-19-16(7-13(9-26)8-17(19)34-5-3-33(4-6-34)12-18(24)25)30-22-31-20(29-14-1-2-14)21-28-11-15(10-27)35(21)32-22/h7-8,11,14,18H,1-6,12H2,(H2,29,30,31,32). The molecule has 3 aromatic rings. The Morgan fingerprint density at radius 2 is 1.91 bits per heavy atom. The van der Waals surface area contributed by atoms with Crippen LogP contribution >= 0.6 is 11.6 Å². The number of nitrogens with one attached hydrogen (secondary N) is 2. The maximum absolute atomic E-state index is 12.7. The second-order valence-electron chi connectivity index (χ2n) is 8.47. The van der Waals surface area contributed by atoms with Crippen LogP contribution in [-0.2, 0) is 0 Å². The third-order valence-electron chi connectivity index (χ3n) is 5.93. The van der Waals surface area contributed by atoms with Crippen LogP contribution in [0, 0.1) is 22.7 Å². The zero-order chi connectivity index (χ0) is 24.5. The minimum atomic E-state index is -2.38. The molecule has 0 bridgehead atoms. The fourth-order valence-corrected chi connectivity index (χ4v) is 4.29. The zero-order valence-corrected chi connectivity index (χ0v) is 19.3. The summed E-state index contributed by atoms with van der Waals surface area (Å²) in [6.45, 7) is 1.67. The molecule has 2 fully saturated rings. The van der Waals surface area contributed by atoms with Crippen LogP contribution in [0.15, 0.2) is 18.3 Å². The Morgan fingerprint density at radius 1 is 1.14 bits per heavy atom. The van der Waals surface area contributed by atoms with Gasteiger partial charge in [0.15, 0.2) is 17.2 Å². The van der Waals surface area contributed by atoms with Crippen molar-refractivity contribution in [2.45, 2.75) is 25.3 Å². The number of imidazole rings is 1. The first-order chi connectivity index (χ1) is 16.9. The molecule has 1 aliphatic carbocycles. The minimum Gasteiger partial charge on any atom is -0.368 e. The van der Waals surface area contributed by atoms with Gasteiger partial charge in [-0.25, -0.2) is 13.8 Å². The molecule has 1 aromatic carbocycles. The average molecular weight is 499 g/mol. The van der Waals surface area contributed by atoms with Crippen LogP contribution in [0.5, 0.6) is 0 Å². The molecule has 2 N–H and O–H groups in total. The van der Waals surface area contributed by atoms with Crippen LogP contribution in [0.25, 0.3) is 5.65 Å². The van der Waals surface area contributed by atoms with Crippen LogP contribution in [0.1, 0.15) is 24.1 Å². The van der Waals surface area contributed by atoms with Crippen molar-refractivity contribution in [3.05, 3.63) is 34.6 Å². The van der Waals surface area contributed by atoms with Crippen LogP contribution in [-0.4, -0.2) is 69.7 Å². The average Bonchev–Trinajstić information content (AvgIpc) is 3.56. The van der Waals surface area contributed by atoms with E-state index >= 15 is 0 Å². The van der Waals surface area contributed by atoms with Gasteiger partial charge in [-0.2, -0.15) is 20.0 Å². The highest BCUT2D eigenvalue weighted by atomic mass is 35.5. The van der Waals surface area contributed by atoms with Crippen molar-refractivity contribution in [2.75, 3.05) is 48.3 Å². The van der Waals surface area contributed by atoms with Crippen molar-refractivity contribution in [1.82, 2.24) is 24.5 Å². The van der Waals surface area contributed by atoms with Gasteiger partial charge in [0.1, 0.15) is 6.07 Å². The van der Waals surface area contributed by atoms with E-state index in [4.69, 9.17) is 11.6 Å². The van der Waals surface area contributed by atoms with Crippen LogP contribution in [0.2, 0.25) is 5.02 Å². The van der Waals surface area contributed by atoms with Gasteiger partial charge in [0.2, 0.25) is 5.95 Å². The second kappa shape index (κ2) is 9.49. The number of benzene rings is 1. The zero-order valence-electron chi connectivity index (χ0n) is 18.5. The second-order valence-corrected chi connectivity index (χ2v) is 8.84. The Hall–Kier alpha value is -3.74. The molecule has 35 heavy (non-hydrogen) atoms. The van der Waals surface area contributed by atoms with Gasteiger partial charge in [-0.3, -0.25) is 4.90 Å². The number of hydrogen-bond donors (Lipinski definition) is 2. The number of rotatable bonds is 7. The molecule has 0 amide bonds. The molecular weight excluding hydrogens is 478 g/mol. The normalized spacial score (nSPS) is 16.3. The first kappa shape index (κ1) is 23.0. The lowest BCUT2D eigenvalue weighted by molar-refractivity contribution is 0.0854. The lowest BCUT2D eigenvalue weighted by atomic mass is 10.1. The van der Waals surface area contributed by atoms with Gasteiger partial charge in [-0.1, -0.05) is 11.6 Å². The topological polar surface area (TPSA) is 121 Å². The fourth-order valence-electron chi connectivity index (χ4n) is 4.01. The molecule has 0 atom stereocenters. The molecule has 2 aromatic heterocycles. The Labute approximate surface area is 204 Å². The maximum atomic E-state index is 12.7. The van der Waals surface area contributed by atoms with E-state index in [1.165, 1.54) is 10.7 Å². The largest absolute Gasteiger partial charge is 0.368 e. The summed E-state index contributed by atoms with van der Waals surface area (Å²) in [6, 6.07) is 7.78. The van der Waals surface area contributed by atoms with E-state index < -0.39 is 6.43 Å². The number of alkyl halides is 2. The van der Waals surface area contributed by atoms with E-state index in [1.54, 1.807) is 17.0 Å². The van der Waals surface area contributed by atoms with E-state index in [0.717, 1.165) is 12.8 Å². The molecular formula is C22H21ClF2N10. The number of piperazine rings is 1. The van der Waals surface area contributed by atoms with Gasteiger partial charge in [0, 0.05) is 32.2 Å². The number of aromatic nitrogens is 4. The summed E-state index contributed by atoms with van der Waals surface area (Å²) >= 11 is 6.74. The monoisotopic (exact) mass is 498 g/mol. The summed E-state index contributed by atoms with van der Waals surface area (Å²) in [4.78, 5) is 12.5. The van der Waals surface area contributed by atoms with Gasteiger partial charge < -0.3 is 15.5 Å². The highest BCUT2D eigenvalue weighted by molar-refractivity contribution is 6.36.